The van der Waals surface area contributed by atoms with E-state index in [0.29, 0.717) is 26.0 Å². The number of hydrogen-bond acceptors (Lipinski definition) is 4. The van der Waals surface area contributed by atoms with Crippen molar-refractivity contribution in [3.05, 3.63) is 0 Å². The molecule has 15 heavy (non-hydrogen) atoms. The second kappa shape index (κ2) is 6.76. The number of aliphatic hydroxyl groups is 1. The lowest BCUT2D eigenvalue weighted by Crippen LogP contribution is -2.44. The Labute approximate surface area is 90.2 Å². The Morgan fingerprint density at radius 1 is 1.73 bits per heavy atom. The Morgan fingerprint density at radius 3 is 3.13 bits per heavy atom. The Kier molecular flexibility index (Phi) is 5.60. The van der Waals surface area contributed by atoms with Crippen molar-refractivity contribution >= 4 is 5.91 Å². The molecule has 0 saturated carbocycles. The zero-order valence-electron chi connectivity index (χ0n) is 9.16. The first kappa shape index (κ1) is 12.4. The van der Waals surface area contributed by atoms with E-state index < -0.39 is 0 Å². The van der Waals surface area contributed by atoms with Gasteiger partial charge in [-0.1, -0.05) is 0 Å². The van der Waals surface area contributed by atoms with Gasteiger partial charge in [-0.25, -0.2) is 0 Å². The van der Waals surface area contributed by atoms with Crippen LogP contribution in [-0.2, 0) is 9.53 Å². The largest absolute Gasteiger partial charge is 0.393 e. The van der Waals surface area contributed by atoms with Crippen LogP contribution in [0.2, 0.25) is 0 Å². The second-order valence-electron chi connectivity index (χ2n) is 3.92. The number of nitrogens with one attached hydrogen (secondary N) is 2. The molecular formula is C10H20N2O3. The standard InChI is InChI=1S/C10H20N2O3/c1-8(13)2-3-12-10(14)6-9-7-15-5-4-11-9/h8-9,11,13H,2-7H2,1H3,(H,12,14). The zero-order valence-corrected chi connectivity index (χ0v) is 9.16. The highest BCUT2D eigenvalue weighted by atomic mass is 16.5. The lowest BCUT2D eigenvalue weighted by atomic mass is 10.2. The van der Waals surface area contributed by atoms with Gasteiger partial charge in [-0.3, -0.25) is 4.79 Å². The van der Waals surface area contributed by atoms with E-state index in [1.807, 2.05) is 0 Å². The highest BCUT2D eigenvalue weighted by Gasteiger charge is 2.16. The first-order valence-electron chi connectivity index (χ1n) is 5.44. The molecule has 0 bridgehead atoms. The van der Waals surface area contributed by atoms with E-state index >= 15 is 0 Å². The van der Waals surface area contributed by atoms with Gasteiger partial charge in [-0.15, -0.1) is 0 Å². The molecule has 1 amide bonds. The number of hydrogen-bond donors (Lipinski definition) is 3. The number of morpholine rings is 1. The van der Waals surface area contributed by atoms with Gasteiger partial charge in [-0.2, -0.15) is 0 Å². The molecule has 0 spiro atoms. The lowest BCUT2D eigenvalue weighted by molar-refractivity contribution is -0.122. The molecule has 3 N–H and O–H groups in total. The third-order valence-electron chi connectivity index (χ3n) is 2.31. The van der Waals surface area contributed by atoms with Gasteiger partial charge >= 0.3 is 0 Å². The number of amides is 1. The van der Waals surface area contributed by atoms with Gasteiger partial charge in [0, 0.05) is 25.6 Å². The van der Waals surface area contributed by atoms with E-state index in [-0.39, 0.29) is 18.1 Å². The Balaban J connectivity index is 2.06. The highest BCUT2D eigenvalue weighted by molar-refractivity contribution is 5.76. The minimum atomic E-state index is -0.360. The van der Waals surface area contributed by atoms with Gasteiger partial charge in [0.1, 0.15) is 0 Å². The number of carbonyl (C=O) groups excluding carboxylic acids is 1. The van der Waals surface area contributed by atoms with Gasteiger partial charge in [-0.05, 0) is 13.3 Å². The molecule has 1 rings (SSSR count). The average Bonchev–Trinajstić information content (AvgIpc) is 2.18. The number of aliphatic hydroxyl groups excluding tert-OH is 1. The van der Waals surface area contributed by atoms with E-state index in [1.54, 1.807) is 6.92 Å². The molecule has 5 heteroatoms. The van der Waals surface area contributed by atoms with Crippen LogP contribution in [0.3, 0.4) is 0 Å². The molecule has 0 aromatic carbocycles. The third-order valence-corrected chi connectivity index (χ3v) is 2.31. The summed E-state index contributed by atoms with van der Waals surface area (Å²) in [4.78, 5) is 11.4. The summed E-state index contributed by atoms with van der Waals surface area (Å²) in [5.41, 5.74) is 0. The summed E-state index contributed by atoms with van der Waals surface area (Å²) in [6, 6.07) is 0.130. The maximum atomic E-state index is 11.4. The monoisotopic (exact) mass is 216 g/mol. The SMILES string of the molecule is CC(O)CCNC(=O)CC1COCCN1. The van der Waals surface area contributed by atoms with Crippen LogP contribution in [0.4, 0.5) is 0 Å². The van der Waals surface area contributed by atoms with Crippen molar-refractivity contribution in [3.8, 4) is 0 Å². The van der Waals surface area contributed by atoms with Crippen LogP contribution < -0.4 is 10.6 Å². The van der Waals surface area contributed by atoms with E-state index in [0.717, 1.165) is 13.2 Å². The van der Waals surface area contributed by atoms with E-state index in [1.165, 1.54) is 0 Å². The van der Waals surface area contributed by atoms with Crippen molar-refractivity contribution in [3.63, 3.8) is 0 Å². The molecule has 88 valence electrons. The fourth-order valence-corrected chi connectivity index (χ4v) is 1.47. The minimum absolute atomic E-state index is 0.0126. The van der Waals surface area contributed by atoms with Gasteiger partial charge in [0.15, 0.2) is 0 Å². The maximum absolute atomic E-state index is 11.4. The Hall–Kier alpha value is -0.650. The summed E-state index contributed by atoms with van der Waals surface area (Å²) >= 11 is 0. The van der Waals surface area contributed by atoms with Crippen LogP contribution in [-0.4, -0.2) is 49.5 Å². The number of rotatable bonds is 5. The van der Waals surface area contributed by atoms with Crippen LogP contribution in [0, 0.1) is 0 Å². The highest BCUT2D eigenvalue weighted by Crippen LogP contribution is 1.98. The molecule has 5 nitrogen and oxygen atoms in total. The maximum Gasteiger partial charge on any atom is 0.221 e. The van der Waals surface area contributed by atoms with E-state index in [2.05, 4.69) is 10.6 Å². The van der Waals surface area contributed by atoms with Crippen LogP contribution in [0.5, 0.6) is 0 Å². The fourth-order valence-electron chi connectivity index (χ4n) is 1.47. The first-order valence-corrected chi connectivity index (χ1v) is 5.44. The zero-order chi connectivity index (χ0) is 11.1. The number of carbonyl (C=O) groups is 1. The molecule has 2 atom stereocenters. The van der Waals surface area contributed by atoms with Crippen LogP contribution in [0.1, 0.15) is 19.8 Å². The molecule has 1 saturated heterocycles. The van der Waals surface area contributed by atoms with Crippen molar-refractivity contribution in [1.82, 2.24) is 10.6 Å². The Bertz CT molecular complexity index is 191. The summed E-state index contributed by atoms with van der Waals surface area (Å²) in [7, 11) is 0. The predicted molar refractivity (Wildman–Crippen MR) is 56.5 cm³/mol. The molecule has 0 radical (unpaired) electrons. The van der Waals surface area contributed by atoms with Crippen molar-refractivity contribution < 1.29 is 14.6 Å². The quantitative estimate of drug-likeness (QED) is 0.565. The summed E-state index contributed by atoms with van der Waals surface area (Å²) in [5, 5.41) is 15.0. The molecule has 0 aromatic heterocycles. The van der Waals surface area contributed by atoms with Gasteiger partial charge in [0.25, 0.3) is 0 Å². The smallest absolute Gasteiger partial charge is 0.221 e. The average molecular weight is 216 g/mol. The fraction of sp³-hybridized carbons (Fsp3) is 0.900. The molecule has 1 aliphatic heterocycles. The molecular weight excluding hydrogens is 196 g/mol. The molecule has 1 fully saturated rings. The van der Waals surface area contributed by atoms with Crippen LogP contribution in [0.15, 0.2) is 0 Å². The molecule has 1 heterocycles. The van der Waals surface area contributed by atoms with E-state index in [9.17, 15) is 4.79 Å². The van der Waals surface area contributed by atoms with Crippen LogP contribution in [0.25, 0.3) is 0 Å². The third kappa shape index (κ3) is 5.71. The predicted octanol–water partition coefficient (Wildman–Crippen LogP) is -0.748. The minimum Gasteiger partial charge on any atom is -0.393 e. The van der Waals surface area contributed by atoms with Gasteiger partial charge < -0.3 is 20.5 Å². The van der Waals surface area contributed by atoms with E-state index in [4.69, 9.17) is 9.84 Å². The second-order valence-corrected chi connectivity index (χ2v) is 3.92. The van der Waals surface area contributed by atoms with Crippen molar-refractivity contribution in [2.75, 3.05) is 26.3 Å². The molecule has 0 aromatic rings. The van der Waals surface area contributed by atoms with Crippen LogP contribution >= 0.6 is 0 Å². The molecule has 2 unspecified atom stereocenters. The van der Waals surface area contributed by atoms with Gasteiger partial charge in [0.2, 0.25) is 5.91 Å². The summed E-state index contributed by atoms with van der Waals surface area (Å²) in [6.45, 7) is 4.38. The first-order chi connectivity index (χ1) is 7.18. The number of ether oxygens (including phenoxy) is 1. The topological polar surface area (TPSA) is 70.6 Å². The normalized spacial score (nSPS) is 23.5. The molecule has 0 aliphatic carbocycles. The van der Waals surface area contributed by atoms with Crippen molar-refractivity contribution in [2.24, 2.45) is 0 Å². The van der Waals surface area contributed by atoms with Crippen molar-refractivity contribution in [2.45, 2.75) is 31.9 Å². The summed E-state index contributed by atoms with van der Waals surface area (Å²) in [5.74, 6) is 0.0126. The summed E-state index contributed by atoms with van der Waals surface area (Å²) < 4.78 is 5.24. The van der Waals surface area contributed by atoms with Crippen molar-refractivity contribution in [1.29, 1.82) is 0 Å². The Morgan fingerprint density at radius 2 is 2.53 bits per heavy atom. The lowest BCUT2D eigenvalue weighted by Gasteiger charge is -2.23. The summed E-state index contributed by atoms with van der Waals surface area (Å²) in [6.07, 6.45) is 0.682. The molecule has 1 aliphatic rings. The van der Waals surface area contributed by atoms with Gasteiger partial charge in [0.05, 0.1) is 19.3 Å².